The topological polar surface area (TPSA) is 9.23 Å². The summed E-state index contributed by atoms with van der Waals surface area (Å²) in [7, 11) is 1.35. The van der Waals surface area contributed by atoms with Gasteiger partial charge in [-0.25, -0.2) is 13.2 Å². The zero-order chi connectivity index (χ0) is 14.0. The molecule has 2 aromatic carbocycles. The minimum Gasteiger partial charge on any atom is -0.494 e. The summed E-state index contributed by atoms with van der Waals surface area (Å²) < 4.78 is 44.3. The number of hydrogen-bond acceptors (Lipinski definition) is 1. The molecule has 0 aliphatic rings. The first-order valence-electron chi connectivity index (χ1n) is 5.45. The summed E-state index contributed by atoms with van der Waals surface area (Å²) in [6.07, 6.45) is 0. The number of methoxy groups -OCH3 is 1. The van der Waals surface area contributed by atoms with Crippen molar-refractivity contribution in [2.75, 3.05) is 7.11 Å². The van der Waals surface area contributed by atoms with Crippen molar-refractivity contribution in [3.05, 3.63) is 65.0 Å². The standard InChI is InChI=1S/C14H10ClF3O/c1-19-13-5-3-9(7-12(13)18)14(15)8-2-4-10(16)11(17)6-8/h2-7,14H,1H3. The van der Waals surface area contributed by atoms with Gasteiger partial charge >= 0.3 is 0 Å². The van der Waals surface area contributed by atoms with E-state index in [9.17, 15) is 13.2 Å². The summed E-state index contributed by atoms with van der Waals surface area (Å²) >= 11 is 6.13. The van der Waals surface area contributed by atoms with Crippen LogP contribution in [0.5, 0.6) is 5.75 Å². The largest absolute Gasteiger partial charge is 0.494 e. The fourth-order valence-electron chi connectivity index (χ4n) is 1.70. The van der Waals surface area contributed by atoms with E-state index in [2.05, 4.69) is 0 Å². The molecule has 0 bridgehead atoms. The Morgan fingerprint density at radius 2 is 1.47 bits per heavy atom. The highest BCUT2D eigenvalue weighted by atomic mass is 35.5. The highest BCUT2D eigenvalue weighted by molar-refractivity contribution is 6.22. The van der Waals surface area contributed by atoms with Crippen molar-refractivity contribution >= 4 is 11.6 Å². The molecule has 0 amide bonds. The van der Waals surface area contributed by atoms with Gasteiger partial charge in [0, 0.05) is 0 Å². The predicted molar refractivity (Wildman–Crippen MR) is 67.0 cm³/mol. The number of halogens is 4. The minimum atomic E-state index is -0.989. The summed E-state index contributed by atoms with van der Waals surface area (Å²) in [5, 5.41) is -0.768. The number of alkyl halides is 1. The maximum atomic E-state index is 13.6. The Morgan fingerprint density at radius 3 is 2.00 bits per heavy atom. The lowest BCUT2D eigenvalue weighted by Crippen LogP contribution is -1.97. The summed E-state index contributed by atoms with van der Waals surface area (Å²) in [6.45, 7) is 0. The third kappa shape index (κ3) is 2.84. The van der Waals surface area contributed by atoms with Crippen molar-refractivity contribution in [2.45, 2.75) is 5.38 Å². The van der Waals surface area contributed by atoms with Crippen LogP contribution in [0.15, 0.2) is 36.4 Å². The molecule has 0 aromatic heterocycles. The molecule has 5 heteroatoms. The predicted octanol–water partition coefficient (Wildman–Crippen LogP) is 4.44. The van der Waals surface area contributed by atoms with Gasteiger partial charge in [0.1, 0.15) is 0 Å². The Morgan fingerprint density at radius 1 is 0.895 bits per heavy atom. The maximum absolute atomic E-state index is 13.6. The van der Waals surface area contributed by atoms with Gasteiger partial charge in [0.2, 0.25) is 0 Å². The van der Waals surface area contributed by atoms with E-state index in [0.29, 0.717) is 11.1 Å². The van der Waals surface area contributed by atoms with E-state index in [1.807, 2.05) is 0 Å². The molecule has 0 fully saturated rings. The third-order valence-electron chi connectivity index (χ3n) is 2.70. The number of benzene rings is 2. The molecule has 2 aromatic rings. The van der Waals surface area contributed by atoms with Gasteiger partial charge < -0.3 is 4.74 Å². The first-order chi connectivity index (χ1) is 9.02. The second-order valence-electron chi connectivity index (χ2n) is 3.93. The second-order valence-corrected chi connectivity index (χ2v) is 4.37. The van der Waals surface area contributed by atoms with Gasteiger partial charge in [-0.3, -0.25) is 0 Å². The van der Waals surface area contributed by atoms with Gasteiger partial charge in [0.05, 0.1) is 12.5 Å². The monoisotopic (exact) mass is 286 g/mol. The van der Waals surface area contributed by atoms with Crippen molar-refractivity contribution in [2.24, 2.45) is 0 Å². The van der Waals surface area contributed by atoms with Crippen LogP contribution in [0.1, 0.15) is 16.5 Å². The van der Waals surface area contributed by atoms with Gasteiger partial charge in [0.25, 0.3) is 0 Å². The van der Waals surface area contributed by atoms with Gasteiger partial charge in [-0.2, -0.15) is 0 Å². The summed E-state index contributed by atoms with van der Waals surface area (Å²) in [4.78, 5) is 0. The maximum Gasteiger partial charge on any atom is 0.165 e. The smallest absolute Gasteiger partial charge is 0.165 e. The van der Waals surface area contributed by atoms with Crippen LogP contribution < -0.4 is 4.74 Å². The summed E-state index contributed by atoms with van der Waals surface area (Å²) in [5.74, 6) is -2.41. The lowest BCUT2D eigenvalue weighted by atomic mass is 10.0. The quantitative estimate of drug-likeness (QED) is 0.758. The molecule has 0 N–H and O–H groups in total. The van der Waals surface area contributed by atoms with E-state index in [-0.39, 0.29) is 5.75 Å². The number of rotatable bonds is 3. The van der Waals surface area contributed by atoms with Crippen molar-refractivity contribution in [1.29, 1.82) is 0 Å². The Kier molecular flexibility index (Phi) is 4.00. The van der Waals surface area contributed by atoms with Gasteiger partial charge in [-0.1, -0.05) is 12.1 Å². The summed E-state index contributed by atoms with van der Waals surface area (Å²) in [6, 6.07) is 7.55. The first kappa shape index (κ1) is 13.7. The van der Waals surface area contributed by atoms with Crippen LogP contribution in [-0.4, -0.2) is 7.11 Å². The van der Waals surface area contributed by atoms with Crippen LogP contribution in [0.4, 0.5) is 13.2 Å². The van der Waals surface area contributed by atoms with Crippen molar-refractivity contribution in [3.63, 3.8) is 0 Å². The van der Waals surface area contributed by atoms with Crippen LogP contribution in [0.2, 0.25) is 0 Å². The Balaban J connectivity index is 2.35. The van der Waals surface area contributed by atoms with Crippen LogP contribution >= 0.6 is 11.6 Å². The molecule has 0 radical (unpaired) electrons. The molecule has 1 unspecified atom stereocenters. The van der Waals surface area contributed by atoms with Crippen LogP contribution in [0.25, 0.3) is 0 Å². The van der Waals surface area contributed by atoms with Crippen LogP contribution in [-0.2, 0) is 0 Å². The molecule has 0 heterocycles. The molecule has 0 aliphatic heterocycles. The molecule has 2 rings (SSSR count). The highest BCUT2D eigenvalue weighted by Crippen LogP contribution is 2.31. The molecule has 19 heavy (non-hydrogen) atoms. The fourth-order valence-corrected chi connectivity index (χ4v) is 1.97. The normalized spacial score (nSPS) is 12.3. The van der Waals surface area contributed by atoms with Crippen molar-refractivity contribution in [3.8, 4) is 5.75 Å². The first-order valence-corrected chi connectivity index (χ1v) is 5.89. The summed E-state index contributed by atoms with van der Waals surface area (Å²) in [5.41, 5.74) is 0.788. The van der Waals surface area contributed by atoms with Gasteiger partial charge in [-0.05, 0) is 35.4 Å². The number of ether oxygens (including phenoxy) is 1. The molecule has 0 saturated carbocycles. The van der Waals surface area contributed by atoms with Crippen molar-refractivity contribution in [1.82, 2.24) is 0 Å². The second kappa shape index (κ2) is 5.53. The molecular formula is C14H10ClF3O. The molecule has 0 aliphatic carbocycles. The SMILES string of the molecule is COc1ccc(C(Cl)c2ccc(F)c(F)c2)cc1F. The zero-order valence-electron chi connectivity index (χ0n) is 9.96. The Bertz CT molecular complexity index is 601. The molecule has 100 valence electrons. The Labute approximate surface area is 113 Å². The molecule has 0 saturated heterocycles. The fraction of sp³-hybridized carbons (Fsp3) is 0.143. The lowest BCUT2D eigenvalue weighted by Gasteiger charge is -2.12. The lowest BCUT2D eigenvalue weighted by molar-refractivity contribution is 0.386. The zero-order valence-corrected chi connectivity index (χ0v) is 10.7. The van der Waals surface area contributed by atoms with E-state index in [1.165, 1.54) is 25.3 Å². The van der Waals surface area contributed by atoms with Crippen LogP contribution in [0.3, 0.4) is 0 Å². The molecule has 1 atom stereocenters. The van der Waals surface area contributed by atoms with E-state index in [1.54, 1.807) is 6.07 Å². The van der Waals surface area contributed by atoms with E-state index >= 15 is 0 Å². The van der Waals surface area contributed by atoms with Crippen LogP contribution in [0, 0.1) is 17.5 Å². The average molecular weight is 287 g/mol. The van der Waals surface area contributed by atoms with Crippen molar-refractivity contribution < 1.29 is 17.9 Å². The highest BCUT2D eigenvalue weighted by Gasteiger charge is 2.15. The Hall–Kier alpha value is -1.68. The van der Waals surface area contributed by atoms with Gasteiger partial charge in [0.15, 0.2) is 23.2 Å². The minimum absolute atomic E-state index is 0.0953. The number of hydrogen-bond donors (Lipinski definition) is 0. The van der Waals surface area contributed by atoms with Gasteiger partial charge in [-0.15, -0.1) is 11.6 Å². The third-order valence-corrected chi connectivity index (χ3v) is 3.21. The molecule has 0 spiro atoms. The van der Waals surface area contributed by atoms with E-state index < -0.39 is 22.8 Å². The molecule has 1 nitrogen and oxygen atoms in total. The van der Waals surface area contributed by atoms with E-state index in [4.69, 9.17) is 16.3 Å². The average Bonchev–Trinajstić information content (AvgIpc) is 2.41. The van der Waals surface area contributed by atoms with E-state index in [0.717, 1.165) is 12.1 Å². The molecular weight excluding hydrogens is 277 g/mol.